The summed E-state index contributed by atoms with van der Waals surface area (Å²) in [5.41, 5.74) is 0.516. The normalized spacial score (nSPS) is 32.4. The van der Waals surface area contributed by atoms with Crippen molar-refractivity contribution in [1.29, 1.82) is 0 Å². The molecule has 3 aliphatic heterocycles. The van der Waals surface area contributed by atoms with Gasteiger partial charge in [-0.05, 0) is 35.9 Å². The van der Waals surface area contributed by atoms with Gasteiger partial charge in [0.2, 0.25) is 12.0 Å². The maximum absolute atomic E-state index is 12.4. The van der Waals surface area contributed by atoms with Crippen LogP contribution in [0.25, 0.3) is 28.4 Å². The van der Waals surface area contributed by atoms with Crippen molar-refractivity contribution in [3.05, 3.63) is 72.3 Å². The Morgan fingerprint density at radius 1 is 0.667 bits per heavy atom. The van der Waals surface area contributed by atoms with Gasteiger partial charge in [-0.3, -0.25) is 0 Å². The Balaban J connectivity index is 1.13. The first-order valence-electron chi connectivity index (χ1n) is 19.3. The fraction of sp³-hybridized carbons (Fsp3) is 0.415. The zero-order valence-corrected chi connectivity index (χ0v) is 32.6. The highest BCUT2D eigenvalue weighted by atomic mass is 16.8. The summed E-state index contributed by atoms with van der Waals surface area (Å²) in [6, 6.07) is 12.8. The molecule has 0 amide bonds. The number of aromatic hydroxyl groups is 5. The molecule has 7 rings (SSSR count). The Labute approximate surface area is 355 Å². The summed E-state index contributed by atoms with van der Waals surface area (Å²) >= 11 is 0. The van der Waals surface area contributed by atoms with E-state index < -0.39 is 129 Å². The van der Waals surface area contributed by atoms with Gasteiger partial charge >= 0.3 is 17.3 Å². The van der Waals surface area contributed by atoms with Gasteiger partial charge in [-0.1, -0.05) is 12.1 Å². The van der Waals surface area contributed by atoms with E-state index in [-0.39, 0.29) is 39.5 Å². The highest BCUT2D eigenvalue weighted by molar-refractivity contribution is 5.89. The lowest BCUT2D eigenvalue weighted by atomic mass is 9.98. The maximum Gasteiger partial charge on any atom is 0.402 e. The molecule has 0 saturated carbocycles. The van der Waals surface area contributed by atoms with Crippen molar-refractivity contribution in [2.45, 2.75) is 86.0 Å². The SMILES string of the molecule is O=C(/C=C/c1ccc(O)cc1)OCC1O[C@@H](OCC2O[C@@H](Oc3cc4c(O)cc(O)cc4[o+]c3-c3ccc(O)c(O)c3)C(O[C@@H]3OC[C@@H](O)C(O)[C@H]3O)C(O)[C@H]2O)C(O)[C@@H](O)[C@@H]1O. The second-order valence-electron chi connectivity index (χ2n) is 14.9. The van der Waals surface area contributed by atoms with Crippen LogP contribution in [-0.4, -0.2) is 178 Å². The number of carbonyl (C=O) groups is 1. The minimum Gasteiger partial charge on any atom is -0.508 e. The summed E-state index contributed by atoms with van der Waals surface area (Å²) in [4.78, 5) is 12.4. The quantitative estimate of drug-likeness (QED) is 0.0338. The number of phenols is 5. The number of carbonyl (C=O) groups excluding carboxylic acids is 1. The molecule has 3 aliphatic rings. The smallest absolute Gasteiger partial charge is 0.402 e. The summed E-state index contributed by atoms with van der Waals surface area (Å²) in [6.07, 6.45) is -22.6. The summed E-state index contributed by atoms with van der Waals surface area (Å²) in [6.45, 7) is -1.92. The van der Waals surface area contributed by atoms with Crippen molar-refractivity contribution in [1.82, 2.24) is 0 Å². The van der Waals surface area contributed by atoms with Crippen LogP contribution in [0.5, 0.6) is 34.5 Å². The van der Waals surface area contributed by atoms with Crippen LogP contribution in [0.15, 0.2) is 71.2 Å². The van der Waals surface area contributed by atoms with Crippen molar-refractivity contribution >= 4 is 23.0 Å². The first kappa shape index (κ1) is 45.6. The average Bonchev–Trinajstić information content (AvgIpc) is 3.25. The maximum atomic E-state index is 12.4. The van der Waals surface area contributed by atoms with Gasteiger partial charge < -0.3 is 99.5 Å². The van der Waals surface area contributed by atoms with Crippen molar-refractivity contribution in [2.24, 2.45) is 0 Å². The third-order valence-electron chi connectivity index (χ3n) is 10.5. The molecule has 14 atom stereocenters. The molecule has 0 spiro atoms. The minimum atomic E-state index is -2.02. The van der Waals surface area contributed by atoms with Gasteiger partial charge in [-0.15, -0.1) is 0 Å². The Hall–Kier alpha value is -5.44. The van der Waals surface area contributed by atoms with Crippen LogP contribution in [0, 0.1) is 0 Å². The number of esters is 1. The molecule has 22 nitrogen and oxygen atoms in total. The van der Waals surface area contributed by atoms with E-state index in [9.17, 15) is 71.2 Å². The van der Waals surface area contributed by atoms with Crippen LogP contribution in [-0.2, 0) is 33.2 Å². The van der Waals surface area contributed by atoms with Crippen molar-refractivity contribution in [3.63, 3.8) is 0 Å². The average molecular weight is 890 g/mol. The molecule has 4 aromatic rings. The van der Waals surface area contributed by atoms with Gasteiger partial charge in [0.25, 0.3) is 0 Å². The molecule has 3 aromatic carbocycles. The Kier molecular flexibility index (Phi) is 13.8. The number of phenolic OH excluding ortho intramolecular Hbond substituents is 5. The molecule has 0 radical (unpaired) electrons. The first-order chi connectivity index (χ1) is 30.0. The highest BCUT2D eigenvalue weighted by Crippen LogP contribution is 2.43. The van der Waals surface area contributed by atoms with Crippen molar-refractivity contribution < 1.29 is 109 Å². The van der Waals surface area contributed by atoms with Crippen LogP contribution >= 0.6 is 0 Å². The summed E-state index contributed by atoms with van der Waals surface area (Å²) in [5, 5.41) is 136. The minimum absolute atomic E-state index is 0.0162. The van der Waals surface area contributed by atoms with Gasteiger partial charge in [-0.2, -0.15) is 0 Å². The third kappa shape index (κ3) is 10.0. The number of aliphatic hydroxyl groups excluding tert-OH is 8. The number of benzene rings is 3. The molecule has 22 heteroatoms. The Bertz CT molecular complexity index is 2250. The fourth-order valence-electron chi connectivity index (χ4n) is 6.94. The van der Waals surface area contributed by atoms with E-state index in [0.29, 0.717) is 5.56 Å². The van der Waals surface area contributed by atoms with E-state index in [0.717, 1.165) is 30.3 Å². The molecule has 0 aliphatic carbocycles. The predicted molar refractivity (Wildman–Crippen MR) is 207 cm³/mol. The Morgan fingerprint density at radius 2 is 1.35 bits per heavy atom. The van der Waals surface area contributed by atoms with Crippen LogP contribution in [0.2, 0.25) is 0 Å². The molecular weight excluding hydrogens is 844 g/mol. The lowest BCUT2D eigenvalue weighted by Crippen LogP contribution is -2.64. The molecule has 63 heavy (non-hydrogen) atoms. The van der Waals surface area contributed by atoms with Gasteiger partial charge in [0, 0.05) is 24.3 Å². The fourth-order valence-corrected chi connectivity index (χ4v) is 6.94. The van der Waals surface area contributed by atoms with Crippen LogP contribution in [0.4, 0.5) is 0 Å². The second-order valence-corrected chi connectivity index (χ2v) is 14.9. The molecule has 4 heterocycles. The summed E-state index contributed by atoms with van der Waals surface area (Å²) in [7, 11) is 0. The first-order valence-corrected chi connectivity index (χ1v) is 19.3. The van der Waals surface area contributed by atoms with Crippen LogP contribution in [0.3, 0.4) is 0 Å². The van der Waals surface area contributed by atoms with E-state index in [1.165, 1.54) is 42.5 Å². The van der Waals surface area contributed by atoms with E-state index >= 15 is 0 Å². The van der Waals surface area contributed by atoms with E-state index in [2.05, 4.69) is 0 Å². The number of aliphatic hydroxyl groups is 8. The van der Waals surface area contributed by atoms with Gasteiger partial charge in [0.05, 0.1) is 24.8 Å². The number of hydrogen-bond donors (Lipinski definition) is 13. The zero-order valence-electron chi connectivity index (χ0n) is 32.6. The summed E-state index contributed by atoms with van der Waals surface area (Å²) in [5.74, 6) is -3.35. The molecule has 13 N–H and O–H groups in total. The van der Waals surface area contributed by atoms with Gasteiger partial charge in [0.15, 0.2) is 30.2 Å². The molecule has 1 aromatic heterocycles. The highest BCUT2D eigenvalue weighted by Gasteiger charge is 2.52. The largest absolute Gasteiger partial charge is 0.508 e. The number of ether oxygens (including phenoxy) is 7. The third-order valence-corrected chi connectivity index (χ3v) is 10.5. The monoisotopic (exact) mass is 889 g/mol. The molecule has 340 valence electrons. The van der Waals surface area contributed by atoms with E-state index in [4.69, 9.17) is 37.6 Å². The lowest BCUT2D eigenvalue weighted by molar-refractivity contribution is -0.353. The summed E-state index contributed by atoms with van der Waals surface area (Å²) < 4.78 is 45.9. The van der Waals surface area contributed by atoms with Crippen LogP contribution < -0.4 is 4.74 Å². The second kappa shape index (κ2) is 19.1. The molecule has 3 saturated heterocycles. The molecular formula is C41H45O22+. The van der Waals surface area contributed by atoms with E-state index in [1.54, 1.807) is 0 Å². The number of hydrogen-bond acceptors (Lipinski definition) is 21. The topological polar surface area (TPSA) is 356 Å². The van der Waals surface area contributed by atoms with E-state index in [1.807, 2.05) is 0 Å². The number of fused-ring (bicyclic) bond motifs is 1. The van der Waals surface area contributed by atoms with Gasteiger partial charge in [0.1, 0.15) is 90.3 Å². The zero-order chi connectivity index (χ0) is 45.3. The standard InChI is InChI=1S/C41H44O22/c42-18-5-1-16(2-6-18)3-8-29(48)56-14-27-31(50)33(52)36(55)39(61-27)58-15-28-32(51)34(53)38(63-40-35(54)30(49)24(47)13-57-40)41(62-28)60-26-12-20-22(45)10-19(43)11-25(20)59-37(26)17-4-7-21(44)23(46)9-17/h1-12,24,27-28,30-36,38-41,47,49-55H,13-15H2,(H4-,42,43,44,45,46,48)/p+1/t24-,27?,28?,30?,31-,32+,33+,34?,35-,36?,38?,39-,40+,41-/m1/s1. The predicted octanol–water partition coefficient (Wildman–Crippen LogP) is -1.36. The Morgan fingerprint density at radius 3 is 2.08 bits per heavy atom. The van der Waals surface area contributed by atoms with Crippen LogP contribution in [0.1, 0.15) is 5.56 Å². The molecule has 3 fully saturated rings. The van der Waals surface area contributed by atoms with Crippen molar-refractivity contribution in [3.8, 4) is 45.8 Å². The molecule has 0 bridgehead atoms. The lowest BCUT2D eigenvalue weighted by Gasteiger charge is -2.45. The molecule has 6 unspecified atom stereocenters. The number of rotatable bonds is 12. The van der Waals surface area contributed by atoms with Gasteiger partial charge in [-0.25, -0.2) is 9.21 Å². The van der Waals surface area contributed by atoms with Crippen molar-refractivity contribution in [2.75, 3.05) is 19.8 Å².